The molecule has 0 unspecified atom stereocenters. The van der Waals surface area contributed by atoms with Crippen molar-refractivity contribution in [3.63, 3.8) is 0 Å². The average Bonchev–Trinajstić information content (AvgIpc) is 2.28. The van der Waals surface area contributed by atoms with Gasteiger partial charge in [0, 0.05) is 11.0 Å². The van der Waals surface area contributed by atoms with E-state index in [0.29, 0.717) is 6.61 Å². The van der Waals surface area contributed by atoms with Crippen molar-refractivity contribution in [2.75, 3.05) is 12.4 Å². The lowest BCUT2D eigenvalue weighted by Gasteiger charge is -2.22. The van der Waals surface area contributed by atoms with Crippen LogP contribution in [0.2, 0.25) is 0 Å². The van der Waals surface area contributed by atoms with Gasteiger partial charge in [-0.25, -0.2) is 0 Å². The Morgan fingerprint density at radius 1 is 1.31 bits per heavy atom. The quantitative estimate of drug-likeness (QED) is 0.759. The summed E-state index contributed by atoms with van der Waals surface area (Å²) in [6.45, 7) is 7.00. The zero-order chi connectivity index (χ0) is 12.0. The summed E-state index contributed by atoms with van der Waals surface area (Å²) in [5, 5.41) is 0. The molecule has 1 nitrogen and oxygen atoms in total. The standard InChI is InChI=1S/C14H20OS/c1-4-7-12-8-5-6-9-13(12)15-10-14(2,3)11-16/h4-9,16H,10-11H2,1-3H3. The molecule has 0 aliphatic heterocycles. The molecule has 0 atom stereocenters. The molecule has 0 saturated carbocycles. The van der Waals surface area contributed by atoms with Crippen LogP contribution >= 0.6 is 12.6 Å². The third kappa shape index (κ3) is 3.93. The summed E-state index contributed by atoms with van der Waals surface area (Å²) in [5.41, 5.74) is 1.23. The Kier molecular flexibility index (Phi) is 4.94. The molecule has 1 aromatic rings. The lowest BCUT2D eigenvalue weighted by molar-refractivity contribution is 0.202. The van der Waals surface area contributed by atoms with E-state index in [9.17, 15) is 0 Å². The van der Waals surface area contributed by atoms with Crippen LogP contribution in [0.4, 0.5) is 0 Å². The second-order valence-corrected chi connectivity index (χ2v) is 4.97. The maximum absolute atomic E-state index is 5.85. The molecule has 1 rings (SSSR count). The van der Waals surface area contributed by atoms with Crippen LogP contribution in [0.3, 0.4) is 0 Å². The maximum atomic E-state index is 5.85. The molecular weight excluding hydrogens is 216 g/mol. The minimum atomic E-state index is 0.103. The Morgan fingerprint density at radius 3 is 2.62 bits per heavy atom. The van der Waals surface area contributed by atoms with Gasteiger partial charge in [-0.2, -0.15) is 12.6 Å². The smallest absolute Gasteiger partial charge is 0.126 e. The second kappa shape index (κ2) is 6.00. The van der Waals surface area contributed by atoms with Gasteiger partial charge in [-0.15, -0.1) is 0 Å². The van der Waals surface area contributed by atoms with Crippen LogP contribution in [-0.4, -0.2) is 12.4 Å². The Morgan fingerprint density at radius 2 is 2.00 bits per heavy atom. The van der Waals surface area contributed by atoms with Crippen LogP contribution in [0.5, 0.6) is 5.75 Å². The van der Waals surface area contributed by atoms with Crippen molar-refractivity contribution >= 4 is 18.7 Å². The average molecular weight is 236 g/mol. The SMILES string of the molecule is CC=Cc1ccccc1OCC(C)(C)CS. The summed E-state index contributed by atoms with van der Waals surface area (Å²) in [5.74, 6) is 1.76. The van der Waals surface area contributed by atoms with Gasteiger partial charge in [0.2, 0.25) is 0 Å². The molecule has 2 heteroatoms. The molecule has 0 heterocycles. The molecule has 0 fully saturated rings. The van der Waals surface area contributed by atoms with E-state index in [4.69, 9.17) is 4.74 Å². The van der Waals surface area contributed by atoms with E-state index in [1.807, 2.05) is 31.2 Å². The molecular formula is C14H20OS. The molecule has 0 saturated heterocycles. The lowest BCUT2D eigenvalue weighted by Crippen LogP contribution is -2.23. The third-order valence-electron chi connectivity index (χ3n) is 2.31. The van der Waals surface area contributed by atoms with E-state index in [-0.39, 0.29) is 5.41 Å². The molecule has 0 N–H and O–H groups in total. The van der Waals surface area contributed by atoms with Crippen LogP contribution in [0.15, 0.2) is 30.3 Å². The summed E-state index contributed by atoms with van der Waals surface area (Å²) in [6.07, 6.45) is 4.08. The van der Waals surface area contributed by atoms with E-state index in [0.717, 1.165) is 17.1 Å². The number of hydrogen-bond donors (Lipinski definition) is 1. The van der Waals surface area contributed by atoms with Gasteiger partial charge in [-0.1, -0.05) is 44.2 Å². The number of para-hydroxylation sites is 1. The fourth-order valence-electron chi connectivity index (χ4n) is 1.25. The van der Waals surface area contributed by atoms with Crippen molar-refractivity contribution in [3.05, 3.63) is 35.9 Å². The molecule has 0 aliphatic carbocycles. The number of thiol groups is 1. The predicted molar refractivity (Wildman–Crippen MR) is 74.3 cm³/mol. The maximum Gasteiger partial charge on any atom is 0.126 e. The fourth-order valence-corrected chi connectivity index (χ4v) is 1.34. The van der Waals surface area contributed by atoms with E-state index in [1.165, 1.54) is 0 Å². The van der Waals surface area contributed by atoms with Crippen molar-refractivity contribution in [2.24, 2.45) is 5.41 Å². The van der Waals surface area contributed by atoms with Gasteiger partial charge in [-0.3, -0.25) is 0 Å². The van der Waals surface area contributed by atoms with Crippen molar-refractivity contribution in [3.8, 4) is 5.75 Å². The molecule has 0 spiro atoms. The van der Waals surface area contributed by atoms with Gasteiger partial charge in [0.05, 0.1) is 6.61 Å². The van der Waals surface area contributed by atoms with Crippen LogP contribution in [0.1, 0.15) is 26.3 Å². The molecule has 0 aliphatic rings. The number of ether oxygens (including phenoxy) is 1. The summed E-state index contributed by atoms with van der Waals surface area (Å²) in [4.78, 5) is 0. The number of hydrogen-bond acceptors (Lipinski definition) is 2. The van der Waals surface area contributed by atoms with Crippen molar-refractivity contribution in [1.29, 1.82) is 0 Å². The first-order chi connectivity index (χ1) is 7.59. The Hall–Kier alpha value is -0.890. The van der Waals surface area contributed by atoms with Crippen LogP contribution in [-0.2, 0) is 0 Å². The molecule has 88 valence electrons. The molecule has 0 aromatic heterocycles. The van der Waals surface area contributed by atoms with Crippen LogP contribution in [0, 0.1) is 5.41 Å². The summed E-state index contributed by atoms with van der Waals surface area (Å²) >= 11 is 4.32. The molecule has 0 amide bonds. The van der Waals surface area contributed by atoms with Gasteiger partial charge in [0.1, 0.15) is 5.75 Å². The van der Waals surface area contributed by atoms with Crippen molar-refractivity contribution in [1.82, 2.24) is 0 Å². The van der Waals surface area contributed by atoms with Gasteiger partial charge in [0.15, 0.2) is 0 Å². The molecule has 1 aromatic carbocycles. The lowest BCUT2D eigenvalue weighted by atomic mass is 9.98. The fraction of sp³-hybridized carbons (Fsp3) is 0.429. The minimum Gasteiger partial charge on any atom is -0.492 e. The highest BCUT2D eigenvalue weighted by Gasteiger charge is 2.16. The third-order valence-corrected chi connectivity index (χ3v) is 3.17. The summed E-state index contributed by atoms with van der Waals surface area (Å²) in [6, 6.07) is 8.08. The minimum absolute atomic E-state index is 0.103. The topological polar surface area (TPSA) is 9.23 Å². The van der Waals surface area contributed by atoms with E-state index in [1.54, 1.807) is 0 Å². The van der Waals surface area contributed by atoms with Crippen molar-refractivity contribution in [2.45, 2.75) is 20.8 Å². The van der Waals surface area contributed by atoms with Gasteiger partial charge in [-0.05, 0) is 18.7 Å². The molecule has 16 heavy (non-hydrogen) atoms. The first-order valence-electron chi connectivity index (χ1n) is 5.54. The Bertz CT molecular complexity index is 356. The predicted octanol–water partition coefficient (Wildman–Crippen LogP) is 4.05. The molecule has 0 bridgehead atoms. The highest BCUT2D eigenvalue weighted by molar-refractivity contribution is 7.80. The number of rotatable bonds is 5. The van der Waals surface area contributed by atoms with Gasteiger partial charge in [0.25, 0.3) is 0 Å². The van der Waals surface area contributed by atoms with Crippen LogP contribution < -0.4 is 4.74 Å². The largest absolute Gasteiger partial charge is 0.492 e. The van der Waals surface area contributed by atoms with Crippen molar-refractivity contribution < 1.29 is 4.74 Å². The highest BCUT2D eigenvalue weighted by Crippen LogP contribution is 2.23. The Labute approximate surface area is 104 Å². The van der Waals surface area contributed by atoms with E-state index >= 15 is 0 Å². The van der Waals surface area contributed by atoms with Crippen LogP contribution in [0.25, 0.3) is 6.08 Å². The second-order valence-electron chi connectivity index (χ2n) is 4.65. The zero-order valence-corrected chi connectivity index (χ0v) is 11.1. The number of allylic oxidation sites excluding steroid dienone is 1. The highest BCUT2D eigenvalue weighted by atomic mass is 32.1. The van der Waals surface area contributed by atoms with Gasteiger partial charge >= 0.3 is 0 Å². The number of benzene rings is 1. The monoisotopic (exact) mass is 236 g/mol. The van der Waals surface area contributed by atoms with E-state index < -0.39 is 0 Å². The zero-order valence-electron chi connectivity index (χ0n) is 10.2. The summed E-state index contributed by atoms with van der Waals surface area (Å²) < 4.78 is 5.85. The first kappa shape index (κ1) is 13.2. The Balaban J connectivity index is 2.73. The van der Waals surface area contributed by atoms with E-state index in [2.05, 4.69) is 38.6 Å². The first-order valence-corrected chi connectivity index (χ1v) is 6.18. The van der Waals surface area contributed by atoms with Gasteiger partial charge < -0.3 is 4.74 Å². The summed E-state index contributed by atoms with van der Waals surface area (Å²) in [7, 11) is 0. The normalized spacial score (nSPS) is 12.0. The molecule has 0 radical (unpaired) electrons.